The van der Waals surface area contributed by atoms with Crippen molar-refractivity contribution in [2.45, 2.75) is 57.3 Å². The van der Waals surface area contributed by atoms with Crippen molar-refractivity contribution >= 4 is 88.5 Å². The van der Waals surface area contributed by atoms with Gasteiger partial charge in [-0.25, -0.2) is 19.9 Å². The number of anilines is 6. The molecular formula is C49H52N16O3S2. The van der Waals surface area contributed by atoms with Gasteiger partial charge in [0.1, 0.15) is 11.4 Å². The van der Waals surface area contributed by atoms with Crippen molar-refractivity contribution in [3.8, 4) is 22.5 Å². The van der Waals surface area contributed by atoms with Crippen LogP contribution in [0.15, 0.2) is 67.3 Å². The first-order valence-electron chi connectivity index (χ1n) is 24.3. The number of ether oxygens (including phenoxy) is 1. The Labute approximate surface area is 411 Å². The molecule has 2 amide bonds. The van der Waals surface area contributed by atoms with Crippen molar-refractivity contribution < 1.29 is 14.3 Å². The molecule has 1 atom stereocenters. The summed E-state index contributed by atoms with van der Waals surface area (Å²) in [6.07, 6.45) is 15.5. The summed E-state index contributed by atoms with van der Waals surface area (Å²) in [6, 6.07) is 13.4. The fourth-order valence-corrected chi connectivity index (χ4v) is 11.9. The van der Waals surface area contributed by atoms with Gasteiger partial charge in [-0.2, -0.15) is 20.2 Å². The summed E-state index contributed by atoms with van der Waals surface area (Å²) in [5.41, 5.74) is 6.92. The van der Waals surface area contributed by atoms with Crippen molar-refractivity contribution in [1.82, 2.24) is 50.3 Å². The van der Waals surface area contributed by atoms with Gasteiger partial charge in [0.25, 0.3) is 11.8 Å². The molecule has 1 unspecified atom stereocenters. The van der Waals surface area contributed by atoms with E-state index in [-0.39, 0.29) is 23.4 Å². The Morgan fingerprint density at radius 1 is 0.586 bits per heavy atom. The number of hydrogen-bond acceptors (Lipinski definition) is 17. The Balaban J connectivity index is 0.870. The van der Waals surface area contributed by atoms with Crippen LogP contribution in [0.5, 0.6) is 0 Å². The minimum Gasteiger partial charge on any atom is -0.378 e. The van der Waals surface area contributed by atoms with Gasteiger partial charge in [0.05, 0.1) is 57.8 Å². The monoisotopic (exact) mass is 976 g/mol. The number of nitrogens with zero attached hydrogens (tertiary/aromatic N) is 12. The van der Waals surface area contributed by atoms with Crippen LogP contribution in [0.1, 0.15) is 83.8 Å². The van der Waals surface area contributed by atoms with Crippen molar-refractivity contribution in [3.05, 3.63) is 84.2 Å². The highest BCUT2D eigenvalue weighted by Crippen LogP contribution is 2.40. The topological polar surface area (TPSA) is 215 Å². The molecule has 0 aromatic carbocycles. The number of fused-ring (bicyclic) bond motifs is 2. The van der Waals surface area contributed by atoms with E-state index in [2.05, 4.69) is 61.7 Å². The Bertz CT molecular complexity index is 3160. The molecular weight excluding hydrogens is 925 g/mol. The third kappa shape index (κ3) is 9.11. The molecule has 0 bridgehead atoms. The molecule has 4 saturated heterocycles. The summed E-state index contributed by atoms with van der Waals surface area (Å²) in [6.45, 7) is 7.74. The maximum atomic E-state index is 14.7. The zero-order valence-electron chi connectivity index (χ0n) is 38.6. The summed E-state index contributed by atoms with van der Waals surface area (Å²) >= 11 is 3.19. The molecule has 12 rings (SSSR count). The summed E-state index contributed by atoms with van der Waals surface area (Å²) in [4.78, 5) is 68.0. The second-order valence-electron chi connectivity index (χ2n) is 18.3. The lowest BCUT2D eigenvalue weighted by Crippen LogP contribution is -2.36. The predicted octanol–water partition coefficient (Wildman–Crippen LogP) is 7.97. The molecule has 21 heteroatoms. The molecule has 8 aromatic heterocycles. The van der Waals surface area contributed by atoms with Crippen LogP contribution in [-0.2, 0) is 4.74 Å². The van der Waals surface area contributed by atoms with E-state index in [1.807, 2.05) is 30.3 Å². The Hall–Kier alpha value is -7.10. The molecule has 358 valence electrons. The lowest BCUT2D eigenvalue weighted by molar-refractivity contribution is 0.101. The van der Waals surface area contributed by atoms with Crippen LogP contribution >= 0.6 is 22.7 Å². The van der Waals surface area contributed by atoms with E-state index in [0.717, 1.165) is 120 Å². The van der Waals surface area contributed by atoms with Crippen LogP contribution in [0.4, 0.5) is 33.3 Å². The number of aromatic amines is 2. The number of nitrogens with one attached hydrogen (secondary N) is 4. The number of carbonyl (C=O) groups excluding carboxylic acids is 2. The van der Waals surface area contributed by atoms with E-state index in [9.17, 15) is 9.59 Å². The van der Waals surface area contributed by atoms with Gasteiger partial charge >= 0.3 is 0 Å². The van der Waals surface area contributed by atoms with Crippen LogP contribution in [0.2, 0.25) is 0 Å². The van der Waals surface area contributed by atoms with E-state index < -0.39 is 0 Å². The van der Waals surface area contributed by atoms with Gasteiger partial charge in [-0.1, -0.05) is 28.7 Å². The molecule has 4 aliphatic rings. The standard InChI is InChI=1S/C49H52N16O3S2/c66-46(35-11-7-10-34(54-35)32-25-50-51-26-32)56-38-24-41-43(61-49(70-41)64-17-19-68-20-18-64)59-45(38)65-16-8-9-30(29-65)31-21-36(33-27-52-53-28-33)55-39(22-31)47(67)57-37-23-40-42(58-44(37)62-12-3-1-4-13-62)60-48(69-40)63-14-5-2-6-15-63/h7,10-11,21-28,30H,1-6,8-9,12-20,29H2,(H,50,51)(H,52,53)(H,56,66)(H,57,67). The first kappa shape index (κ1) is 44.1. The van der Waals surface area contributed by atoms with E-state index in [0.29, 0.717) is 71.9 Å². The SMILES string of the molecule is O=C(Nc1cc2sc(N3CCCCC3)nc2nc1N1CCCCC1)c1cc(C2CCCN(c3nc4nc(N5CCOCC5)sc4cc3NC(=O)c3cccc(-c4cn[nH]c4)n3)C2)cc(-c2cn[nH]c2)n1. The molecule has 0 saturated carbocycles. The molecule has 8 aromatic rings. The highest BCUT2D eigenvalue weighted by atomic mass is 32.1. The first-order chi connectivity index (χ1) is 34.5. The van der Waals surface area contributed by atoms with Gasteiger partial charge in [-0.05, 0) is 93.3 Å². The number of carbonyl (C=O) groups is 2. The molecule has 19 nitrogen and oxygen atoms in total. The molecule has 70 heavy (non-hydrogen) atoms. The minimum absolute atomic E-state index is 0.0185. The quantitative estimate of drug-likeness (QED) is 0.0967. The van der Waals surface area contributed by atoms with Crippen LogP contribution in [0.3, 0.4) is 0 Å². The van der Waals surface area contributed by atoms with Crippen LogP contribution < -0.4 is 30.2 Å². The number of morpholine rings is 1. The Morgan fingerprint density at radius 3 is 1.80 bits per heavy atom. The second kappa shape index (κ2) is 19.4. The summed E-state index contributed by atoms with van der Waals surface area (Å²) < 4.78 is 7.43. The molecule has 0 spiro atoms. The van der Waals surface area contributed by atoms with Crippen LogP contribution in [0, 0.1) is 0 Å². The van der Waals surface area contributed by atoms with Crippen molar-refractivity contribution in [1.29, 1.82) is 0 Å². The van der Waals surface area contributed by atoms with Gasteiger partial charge < -0.3 is 35.0 Å². The Kier molecular flexibility index (Phi) is 12.2. The number of rotatable bonds is 11. The number of pyridine rings is 4. The minimum atomic E-state index is -0.357. The third-order valence-electron chi connectivity index (χ3n) is 13.6. The lowest BCUT2D eigenvalue weighted by Gasteiger charge is -2.35. The lowest BCUT2D eigenvalue weighted by atomic mass is 9.89. The van der Waals surface area contributed by atoms with E-state index in [1.165, 1.54) is 12.8 Å². The van der Waals surface area contributed by atoms with Crippen molar-refractivity contribution in [3.63, 3.8) is 0 Å². The highest BCUT2D eigenvalue weighted by Gasteiger charge is 2.30. The molecule has 12 heterocycles. The maximum Gasteiger partial charge on any atom is 0.274 e. The van der Waals surface area contributed by atoms with Gasteiger partial charge in [-0.15, -0.1) is 0 Å². The number of aromatic nitrogens is 10. The first-order valence-corrected chi connectivity index (χ1v) is 25.9. The molecule has 0 radical (unpaired) electrons. The molecule has 4 N–H and O–H groups in total. The zero-order valence-corrected chi connectivity index (χ0v) is 40.2. The van der Waals surface area contributed by atoms with Crippen molar-refractivity contribution in [2.24, 2.45) is 0 Å². The normalized spacial score (nSPS) is 17.9. The molecule has 4 fully saturated rings. The fraction of sp³-hybridized carbons (Fsp3) is 0.388. The largest absolute Gasteiger partial charge is 0.378 e. The van der Waals surface area contributed by atoms with Crippen LogP contribution in [0.25, 0.3) is 43.2 Å². The van der Waals surface area contributed by atoms with Gasteiger partial charge in [0, 0.05) is 81.8 Å². The summed E-state index contributed by atoms with van der Waals surface area (Å²) in [7, 11) is 0. The van der Waals surface area contributed by atoms with E-state index >= 15 is 0 Å². The smallest absolute Gasteiger partial charge is 0.274 e. The zero-order chi connectivity index (χ0) is 47.0. The molecule has 4 aliphatic heterocycles. The number of thiazole rings is 2. The fourth-order valence-electron chi connectivity index (χ4n) is 9.94. The van der Waals surface area contributed by atoms with E-state index in [4.69, 9.17) is 29.7 Å². The average molecular weight is 977 g/mol. The van der Waals surface area contributed by atoms with Crippen molar-refractivity contribution in [2.75, 3.05) is 95.8 Å². The number of amides is 2. The summed E-state index contributed by atoms with van der Waals surface area (Å²) in [5, 5.41) is 22.4. The highest BCUT2D eigenvalue weighted by molar-refractivity contribution is 7.22. The number of H-pyrrole nitrogens is 2. The van der Waals surface area contributed by atoms with Gasteiger partial charge in [0.2, 0.25) is 0 Å². The maximum absolute atomic E-state index is 14.7. The predicted molar refractivity (Wildman–Crippen MR) is 274 cm³/mol. The number of hydrogen-bond donors (Lipinski definition) is 4. The number of piperidine rings is 3. The average Bonchev–Trinajstić information content (AvgIpc) is 4.28. The van der Waals surface area contributed by atoms with E-state index in [1.54, 1.807) is 53.5 Å². The van der Waals surface area contributed by atoms with Gasteiger partial charge in [-0.3, -0.25) is 19.8 Å². The third-order valence-corrected chi connectivity index (χ3v) is 15.7. The second-order valence-corrected chi connectivity index (χ2v) is 20.3. The molecule has 0 aliphatic carbocycles. The van der Waals surface area contributed by atoms with Crippen LogP contribution in [-0.4, -0.2) is 128 Å². The Morgan fingerprint density at radius 2 is 1.16 bits per heavy atom. The van der Waals surface area contributed by atoms with Gasteiger partial charge in [0.15, 0.2) is 33.2 Å². The summed E-state index contributed by atoms with van der Waals surface area (Å²) in [5.74, 6) is 0.675.